The highest BCUT2D eigenvalue weighted by molar-refractivity contribution is 5.72. The Morgan fingerprint density at radius 1 is 1.62 bits per heavy atom. The predicted octanol–water partition coefficient (Wildman–Crippen LogP) is 1.48. The fourth-order valence-electron chi connectivity index (χ4n) is 0.465. The molecule has 0 radical (unpaired) electrons. The summed E-state index contributed by atoms with van der Waals surface area (Å²) in [5, 5.41) is 0. The second kappa shape index (κ2) is 2.40. The Morgan fingerprint density at radius 3 is 3.38 bits per heavy atom. The molecule has 1 nitrogen and oxygen atoms in total. The van der Waals surface area contributed by atoms with Gasteiger partial charge in [-0.25, -0.2) is 4.39 Å². The summed E-state index contributed by atoms with van der Waals surface area (Å²) in [6.07, 6.45) is 5.98. The molecule has 8 heavy (non-hydrogen) atoms. The van der Waals surface area contributed by atoms with Crippen LogP contribution >= 0.6 is 0 Å². The first kappa shape index (κ1) is 5.22. The average Bonchev–Trinajstić information content (AvgIpc) is 1.94. The SMILES string of the molecule is FC1=CCN=CC=C1. The molecule has 1 rings (SSSR count). The molecule has 0 unspecified atom stereocenters. The molecule has 2 heteroatoms. The Morgan fingerprint density at radius 2 is 2.50 bits per heavy atom. The minimum atomic E-state index is -0.206. The van der Waals surface area contributed by atoms with Gasteiger partial charge in [0.1, 0.15) is 5.83 Å². The normalized spacial score (nSPS) is 17.9. The zero-order chi connectivity index (χ0) is 5.82. The highest BCUT2D eigenvalue weighted by atomic mass is 19.1. The molecule has 0 aromatic carbocycles. The minimum Gasteiger partial charge on any atom is -0.289 e. The summed E-state index contributed by atoms with van der Waals surface area (Å²) in [6.45, 7) is 0.457. The maximum absolute atomic E-state index is 12.1. The van der Waals surface area contributed by atoms with Crippen LogP contribution in [0.3, 0.4) is 0 Å². The molecule has 0 N–H and O–H groups in total. The predicted molar refractivity (Wildman–Crippen MR) is 31.7 cm³/mol. The van der Waals surface area contributed by atoms with Crippen molar-refractivity contribution in [3.05, 3.63) is 24.1 Å². The van der Waals surface area contributed by atoms with Crippen LogP contribution in [0.5, 0.6) is 0 Å². The number of aliphatic imine (C=N–C) groups is 1. The quantitative estimate of drug-likeness (QED) is 0.449. The molecule has 0 bridgehead atoms. The van der Waals surface area contributed by atoms with Gasteiger partial charge in [0.15, 0.2) is 0 Å². The Kier molecular flexibility index (Phi) is 1.57. The first-order valence-electron chi connectivity index (χ1n) is 2.42. The van der Waals surface area contributed by atoms with Gasteiger partial charge in [0, 0.05) is 6.21 Å². The topological polar surface area (TPSA) is 12.4 Å². The number of nitrogens with zero attached hydrogens (tertiary/aromatic N) is 1. The monoisotopic (exact) mass is 111 g/mol. The van der Waals surface area contributed by atoms with Gasteiger partial charge in [-0.1, -0.05) is 0 Å². The molecule has 0 saturated heterocycles. The van der Waals surface area contributed by atoms with Crippen LogP contribution in [0, 0.1) is 0 Å². The lowest BCUT2D eigenvalue weighted by atomic mass is 10.4. The third kappa shape index (κ3) is 1.30. The molecule has 0 atom stereocenters. The van der Waals surface area contributed by atoms with Crippen molar-refractivity contribution < 1.29 is 4.39 Å². The van der Waals surface area contributed by atoms with E-state index in [2.05, 4.69) is 4.99 Å². The molecular formula is C6H6FN. The number of rotatable bonds is 0. The van der Waals surface area contributed by atoms with Gasteiger partial charge in [0.25, 0.3) is 0 Å². The van der Waals surface area contributed by atoms with E-state index in [0.717, 1.165) is 0 Å². The van der Waals surface area contributed by atoms with E-state index < -0.39 is 0 Å². The first-order valence-corrected chi connectivity index (χ1v) is 2.42. The average molecular weight is 111 g/mol. The van der Waals surface area contributed by atoms with Crippen LogP contribution in [-0.4, -0.2) is 12.8 Å². The van der Waals surface area contributed by atoms with E-state index in [1.54, 1.807) is 12.3 Å². The summed E-state index contributed by atoms with van der Waals surface area (Å²) in [5.41, 5.74) is 0. The maximum Gasteiger partial charge on any atom is 0.121 e. The molecular weight excluding hydrogens is 105 g/mol. The van der Waals surface area contributed by atoms with Gasteiger partial charge >= 0.3 is 0 Å². The van der Waals surface area contributed by atoms with E-state index >= 15 is 0 Å². The van der Waals surface area contributed by atoms with Crippen LogP contribution in [0.2, 0.25) is 0 Å². The van der Waals surface area contributed by atoms with Gasteiger partial charge in [-0.3, -0.25) is 4.99 Å². The lowest BCUT2D eigenvalue weighted by Gasteiger charge is -1.77. The summed E-state index contributed by atoms with van der Waals surface area (Å²) in [7, 11) is 0. The van der Waals surface area contributed by atoms with Crippen molar-refractivity contribution in [3.8, 4) is 0 Å². The van der Waals surface area contributed by atoms with Crippen molar-refractivity contribution in [1.82, 2.24) is 0 Å². The van der Waals surface area contributed by atoms with Crippen molar-refractivity contribution in [1.29, 1.82) is 0 Å². The molecule has 0 aromatic heterocycles. The zero-order valence-corrected chi connectivity index (χ0v) is 4.34. The van der Waals surface area contributed by atoms with Gasteiger partial charge in [-0.2, -0.15) is 0 Å². The lowest BCUT2D eigenvalue weighted by Crippen LogP contribution is -1.68. The Hall–Kier alpha value is -0.920. The third-order valence-corrected chi connectivity index (χ3v) is 0.839. The molecule has 0 amide bonds. The van der Waals surface area contributed by atoms with E-state index in [1.807, 2.05) is 0 Å². The molecule has 0 aromatic rings. The van der Waals surface area contributed by atoms with Crippen LogP contribution in [0.1, 0.15) is 0 Å². The molecule has 0 saturated carbocycles. The second-order valence-electron chi connectivity index (χ2n) is 1.46. The summed E-state index contributed by atoms with van der Waals surface area (Å²) >= 11 is 0. The summed E-state index contributed by atoms with van der Waals surface area (Å²) in [5.74, 6) is -0.206. The molecule has 1 aliphatic heterocycles. The second-order valence-corrected chi connectivity index (χ2v) is 1.46. The fourth-order valence-corrected chi connectivity index (χ4v) is 0.465. The molecule has 0 spiro atoms. The molecule has 0 fully saturated rings. The maximum atomic E-state index is 12.1. The number of allylic oxidation sites excluding steroid dienone is 3. The van der Waals surface area contributed by atoms with Gasteiger partial charge in [-0.15, -0.1) is 0 Å². The van der Waals surface area contributed by atoms with E-state index in [0.29, 0.717) is 6.54 Å². The third-order valence-electron chi connectivity index (χ3n) is 0.839. The standard InChI is InChI=1S/C6H6FN/c7-6-2-1-4-8-5-3-6/h1-4H,5H2. The van der Waals surface area contributed by atoms with Crippen LogP contribution < -0.4 is 0 Å². The van der Waals surface area contributed by atoms with Crippen LogP contribution in [-0.2, 0) is 0 Å². The van der Waals surface area contributed by atoms with Crippen molar-refractivity contribution in [2.24, 2.45) is 4.99 Å². The highest BCUT2D eigenvalue weighted by Gasteiger charge is 1.86. The fraction of sp³-hybridized carbons (Fsp3) is 0.167. The first-order chi connectivity index (χ1) is 3.89. The van der Waals surface area contributed by atoms with Crippen molar-refractivity contribution in [2.75, 3.05) is 6.54 Å². The number of hydrogen-bond acceptors (Lipinski definition) is 1. The van der Waals surface area contributed by atoms with Crippen molar-refractivity contribution >= 4 is 6.21 Å². The van der Waals surface area contributed by atoms with Crippen LogP contribution in [0.15, 0.2) is 29.0 Å². The van der Waals surface area contributed by atoms with Crippen LogP contribution in [0.25, 0.3) is 0 Å². The van der Waals surface area contributed by atoms with E-state index in [1.165, 1.54) is 12.2 Å². The van der Waals surface area contributed by atoms with E-state index in [9.17, 15) is 4.39 Å². The molecule has 1 heterocycles. The lowest BCUT2D eigenvalue weighted by molar-refractivity contribution is 0.664. The Bertz CT molecular complexity index is 153. The Balaban J connectivity index is 2.69. The van der Waals surface area contributed by atoms with Crippen molar-refractivity contribution in [2.45, 2.75) is 0 Å². The molecule has 0 aliphatic carbocycles. The van der Waals surface area contributed by atoms with Crippen LogP contribution in [0.4, 0.5) is 4.39 Å². The number of halogens is 1. The summed E-state index contributed by atoms with van der Waals surface area (Å²) in [6, 6.07) is 0. The number of hydrogen-bond donors (Lipinski definition) is 0. The smallest absolute Gasteiger partial charge is 0.121 e. The highest BCUT2D eigenvalue weighted by Crippen LogP contribution is 1.98. The Labute approximate surface area is 47.2 Å². The largest absolute Gasteiger partial charge is 0.289 e. The van der Waals surface area contributed by atoms with Crippen molar-refractivity contribution in [3.63, 3.8) is 0 Å². The zero-order valence-electron chi connectivity index (χ0n) is 4.34. The van der Waals surface area contributed by atoms with Gasteiger partial charge < -0.3 is 0 Å². The van der Waals surface area contributed by atoms with E-state index in [4.69, 9.17) is 0 Å². The summed E-state index contributed by atoms with van der Waals surface area (Å²) in [4.78, 5) is 3.79. The molecule has 1 aliphatic rings. The van der Waals surface area contributed by atoms with E-state index in [-0.39, 0.29) is 5.83 Å². The van der Waals surface area contributed by atoms with Gasteiger partial charge in [-0.05, 0) is 18.2 Å². The summed E-state index contributed by atoms with van der Waals surface area (Å²) < 4.78 is 12.1. The minimum absolute atomic E-state index is 0.206. The molecule has 42 valence electrons. The van der Waals surface area contributed by atoms with Gasteiger partial charge in [0.05, 0.1) is 6.54 Å². The van der Waals surface area contributed by atoms with Gasteiger partial charge in [0.2, 0.25) is 0 Å².